The summed E-state index contributed by atoms with van der Waals surface area (Å²) in [6.07, 6.45) is 0.576. The number of nitrogens with zero attached hydrogens (tertiary/aromatic N) is 1. The van der Waals surface area contributed by atoms with E-state index in [9.17, 15) is 19.5 Å². The van der Waals surface area contributed by atoms with Gasteiger partial charge in [0.05, 0.1) is 18.8 Å². The van der Waals surface area contributed by atoms with Crippen LogP contribution in [0.25, 0.3) is 0 Å². The van der Waals surface area contributed by atoms with Gasteiger partial charge in [0.1, 0.15) is 11.6 Å². The molecule has 2 aromatic carbocycles. The lowest BCUT2D eigenvalue weighted by Crippen LogP contribution is -2.48. The van der Waals surface area contributed by atoms with Gasteiger partial charge in [-0.05, 0) is 69.8 Å². The Morgan fingerprint density at radius 2 is 1.79 bits per heavy atom. The van der Waals surface area contributed by atoms with Gasteiger partial charge in [0.2, 0.25) is 5.91 Å². The Morgan fingerprint density at radius 1 is 1.05 bits per heavy atom. The number of aliphatic hydroxyl groups excluding tert-OH is 1. The number of benzene rings is 2. The predicted octanol–water partition coefficient (Wildman–Crippen LogP) is 4.97. The van der Waals surface area contributed by atoms with Crippen LogP contribution >= 0.6 is 0 Å². The van der Waals surface area contributed by atoms with E-state index in [0.29, 0.717) is 12.2 Å². The molecule has 0 bridgehead atoms. The van der Waals surface area contributed by atoms with E-state index in [4.69, 9.17) is 19.3 Å². The zero-order valence-corrected chi connectivity index (χ0v) is 25.5. The minimum Gasteiger partial charge on any atom is -0.481 e. The van der Waals surface area contributed by atoms with Crippen LogP contribution in [0.1, 0.15) is 88.9 Å². The van der Waals surface area contributed by atoms with Gasteiger partial charge in [0, 0.05) is 36.6 Å². The zero-order chi connectivity index (χ0) is 31.1. The number of carbonyl (C=O) groups is 3. The lowest BCUT2D eigenvalue weighted by atomic mass is 9.90. The largest absolute Gasteiger partial charge is 0.481 e. The molecule has 1 amide bonds. The van der Waals surface area contributed by atoms with Crippen LogP contribution in [0.3, 0.4) is 0 Å². The summed E-state index contributed by atoms with van der Waals surface area (Å²) in [6, 6.07) is 14.6. The number of carboxylic acid groups (broad SMARTS) is 1. The van der Waals surface area contributed by atoms with Gasteiger partial charge in [-0.25, -0.2) is 0 Å². The summed E-state index contributed by atoms with van der Waals surface area (Å²) in [5, 5.41) is 21.2. The van der Waals surface area contributed by atoms with Gasteiger partial charge in [0.15, 0.2) is 6.29 Å². The maximum atomic E-state index is 13.0. The van der Waals surface area contributed by atoms with Crippen LogP contribution < -0.4 is 5.32 Å². The van der Waals surface area contributed by atoms with Crippen LogP contribution in [0.2, 0.25) is 0 Å². The Bertz CT molecular complexity index is 1260. The maximum absolute atomic E-state index is 13.0. The molecule has 2 aliphatic heterocycles. The summed E-state index contributed by atoms with van der Waals surface area (Å²) in [5.74, 6) is -1.48. The number of likely N-dealkylation sites (tertiary alicyclic amines) is 1. The smallest absolute Gasteiger partial charge is 0.323 e. The predicted molar refractivity (Wildman–Crippen MR) is 160 cm³/mol. The van der Waals surface area contributed by atoms with Crippen molar-refractivity contribution >= 4 is 23.5 Å². The first kappa shape index (κ1) is 32.6. The fraction of sp³-hybridized carbons (Fsp3) is 0.545. The van der Waals surface area contributed by atoms with E-state index in [2.05, 4.69) is 17.1 Å². The molecule has 43 heavy (non-hydrogen) atoms. The van der Waals surface area contributed by atoms with Gasteiger partial charge in [-0.3, -0.25) is 19.3 Å². The van der Waals surface area contributed by atoms with Crippen LogP contribution in [0.5, 0.6) is 0 Å². The monoisotopic (exact) mass is 596 g/mol. The number of hydrogen-bond donors (Lipinski definition) is 3. The molecular weight excluding hydrogens is 552 g/mol. The fourth-order valence-corrected chi connectivity index (χ4v) is 5.63. The number of esters is 1. The molecule has 0 radical (unpaired) electrons. The van der Waals surface area contributed by atoms with Crippen LogP contribution in [-0.4, -0.2) is 63.8 Å². The van der Waals surface area contributed by atoms with Gasteiger partial charge in [-0.15, -0.1) is 0 Å². The van der Waals surface area contributed by atoms with Crippen molar-refractivity contribution in [2.24, 2.45) is 5.92 Å². The molecule has 10 heteroatoms. The Kier molecular flexibility index (Phi) is 10.9. The molecule has 10 nitrogen and oxygen atoms in total. The number of amides is 1. The molecule has 2 aromatic rings. The van der Waals surface area contributed by atoms with Gasteiger partial charge < -0.3 is 29.7 Å². The summed E-state index contributed by atoms with van der Waals surface area (Å²) < 4.78 is 18.9. The third kappa shape index (κ3) is 9.09. The quantitative estimate of drug-likeness (QED) is 0.307. The highest BCUT2D eigenvalue weighted by Crippen LogP contribution is 2.42. The number of nitrogens with one attached hydrogen (secondary N) is 1. The SMILES string of the molecule is C[C@@H]1[C@H](CN2CCC[C@H]2C(=O)OC(C)(C)C)O[C@H](c2cccc(NC(=O)CCCC(=O)O)c2)O[C@@H]1c1ccc(CO)cc1. The lowest BCUT2D eigenvalue weighted by molar-refractivity contribution is -0.276. The van der Waals surface area contributed by atoms with E-state index in [0.717, 1.165) is 36.1 Å². The molecule has 0 spiro atoms. The van der Waals surface area contributed by atoms with Crippen LogP contribution in [-0.2, 0) is 35.2 Å². The Hall–Kier alpha value is -3.31. The zero-order valence-electron chi connectivity index (χ0n) is 25.5. The van der Waals surface area contributed by atoms with Crippen molar-refractivity contribution in [2.75, 3.05) is 18.4 Å². The minimum atomic E-state index is -0.933. The first-order valence-corrected chi connectivity index (χ1v) is 15.0. The van der Waals surface area contributed by atoms with Gasteiger partial charge in [0.25, 0.3) is 0 Å². The maximum Gasteiger partial charge on any atom is 0.323 e. The van der Waals surface area contributed by atoms with Crippen molar-refractivity contribution in [3.8, 4) is 0 Å². The van der Waals surface area contributed by atoms with Crippen molar-refractivity contribution in [3.05, 3.63) is 65.2 Å². The summed E-state index contributed by atoms with van der Waals surface area (Å²) in [5.41, 5.74) is 2.48. The van der Waals surface area contributed by atoms with Gasteiger partial charge in [-0.1, -0.05) is 43.3 Å². The van der Waals surface area contributed by atoms with E-state index >= 15 is 0 Å². The van der Waals surface area contributed by atoms with E-state index in [1.54, 1.807) is 12.1 Å². The average molecular weight is 597 g/mol. The average Bonchev–Trinajstić information content (AvgIpc) is 3.42. The second-order valence-corrected chi connectivity index (χ2v) is 12.4. The molecular formula is C33H44N2O8. The third-order valence-corrected chi connectivity index (χ3v) is 7.82. The first-order valence-electron chi connectivity index (χ1n) is 15.0. The Labute approximate surface area is 253 Å². The van der Waals surface area contributed by atoms with Gasteiger partial charge >= 0.3 is 11.9 Å². The highest BCUT2D eigenvalue weighted by atomic mass is 16.7. The molecule has 5 atom stereocenters. The van der Waals surface area contributed by atoms with E-state index < -0.39 is 17.9 Å². The molecule has 3 N–H and O–H groups in total. The second kappa shape index (κ2) is 14.4. The van der Waals surface area contributed by atoms with Gasteiger partial charge in [-0.2, -0.15) is 0 Å². The molecule has 0 unspecified atom stereocenters. The van der Waals surface area contributed by atoms with Crippen molar-refractivity contribution in [1.82, 2.24) is 4.90 Å². The van der Waals surface area contributed by atoms with Crippen LogP contribution in [0.4, 0.5) is 5.69 Å². The number of carbonyl (C=O) groups excluding carboxylic acids is 2. The van der Waals surface area contributed by atoms with Crippen molar-refractivity contribution < 1.29 is 38.8 Å². The topological polar surface area (TPSA) is 135 Å². The van der Waals surface area contributed by atoms with Crippen molar-refractivity contribution in [2.45, 2.75) is 96.5 Å². The van der Waals surface area contributed by atoms with Crippen molar-refractivity contribution in [3.63, 3.8) is 0 Å². The number of rotatable bonds is 11. The molecule has 4 rings (SSSR count). The minimum absolute atomic E-state index is 0.0500. The molecule has 2 aliphatic rings. The highest BCUT2D eigenvalue weighted by molar-refractivity contribution is 5.91. The number of hydrogen-bond acceptors (Lipinski definition) is 8. The summed E-state index contributed by atoms with van der Waals surface area (Å²) in [4.78, 5) is 38.4. The molecule has 2 heterocycles. The Morgan fingerprint density at radius 3 is 2.47 bits per heavy atom. The van der Waals surface area contributed by atoms with E-state index in [1.807, 2.05) is 57.2 Å². The van der Waals surface area contributed by atoms with Crippen LogP contribution in [0.15, 0.2) is 48.5 Å². The number of ether oxygens (including phenoxy) is 3. The fourth-order valence-electron chi connectivity index (χ4n) is 5.63. The third-order valence-electron chi connectivity index (χ3n) is 7.82. The number of aliphatic hydroxyl groups is 1. The molecule has 0 aliphatic carbocycles. The van der Waals surface area contributed by atoms with E-state index in [1.165, 1.54) is 0 Å². The first-order chi connectivity index (χ1) is 20.4. The standard InChI is InChI=1S/C33H44N2O8/c1-21-27(19-35-17-7-10-26(35)31(40)43-33(2,3)4)41-32(42-30(21)23-15-13-22(20-36)14-16-23)24-8-5-9-25(18-24)34-28(37)11-6-12-29(38)39/h5,8-9,13-16,18,21,26-27,30,32,36H,6-7,10-12,17,19-20H2,1-4H3,(H,34,37)(H,38,39)/t21-,26+,27+,30+,32+/m1/s1. The molecule has 2 saturated heterocycles. The molecule has 0 saturated carbocycles. The molecule has 2 fully saturated rings. The van der Waals surface area contributed by atoms with Crippen molar-refractivity contribution in [1.29, 1.82) is 0 Å². The lowest BCUT2D eigenvalue weighted by Gasteiger charge is -2.43. The normalized spacial score (nSPS) is 24.4. The number of aliphatic carboxylic acids is 1. The number of anilines is 1. The van der Waals surface area contributed by atoms with E-state index in [-0.39, 0.29) is 61.9 Å². The molecule has 234 valence electrons. The second-order valence-electron chi connectivity index (χ2n) is 12.4. The Balaban J connectivity index is 1.55. The van der Waals surface area contributed by atoms with Crippen LogP contribution in [0, 0.1) is 5.92 Å². The highest BCUT2D eigenvalue weighted by Gasteiger charge is 2.42. The molecule has 0 aromatic heterocycles. The summed E-state index contributed by atoms with van der Waals surface area (Å²) in [7, 11) is 0. The number of carboxylic acids is 1. The summed E-state index contributed by atoms with van der Waals surface area (Å²) >= 11 is 0. The summed E-state index contributed by atoms with van der Waals surface area (Å²) in [6.45, 7) is 8.94.